The van der Waals surface area contributed by atoms with Gasteiger partial charge in [0.25, 0.3) is 0 Å². The maximum atomic E-state index is 5.89. The largest absolute Gasteiger partial charge is 0.436 e. The lowest BCUT2D eigenvalue weighted by molar-refractivity contribution is 0.470. The molecule has 2 aromatic heterocycles. The van der Waals surface area contributed by atoms with Crippen LogP contribution in [-0.2, 0) is 0 Å². The van der Waals surface area contributed by atoms with Gasteiger partial charge in [-0.05, 0) is 29.6 Å². The fourth-order valence-corrected chi connectivity index (χ4v) is 2.67. The Balaban J connectivity index is 2.03. The maximum Gasteiger partial charge on any atom is 0.231 e. The zero-order valence-electron chi connectivity index (χ0n) is 9.13. The number of nitrogens with two attached hydrogens (primary N) is 1. The van der Waals surface area contributed by atoms with Crippen LogP contribution < -0.4 is 10.5 Å². The van der Waals surface area contributed by atoms with Gasteiger partial charge in [-0.2, -0.15) is 0 Å². The predicted molar refractivity (Wildman–Crippen MR) is 76.0 cm³/mol. The molecule has 4 nitrogen and oxygen atoms in total. The summed E-state index contributed by atoms with van der Waals surface area (Å²) in [5.41, 5.74) is 6.45. The van der Waals surface area contributed by atoms with E-state index in [1.54, 1.807) is 23.5 Å². The minimum absolute atomic E-state index is 0.523. The van der Waals surface area contributed by atoms with E-state index in [0.717, 1.165) is 14.7 Å². The van der Waals surface area contributed by atoms with Crippen molar-refractivity contribution < 1.29 is 4.74 Å². The maximum absolute atomic E-state index is 5.89. The monoisotopic (exact) mass is 321 g/mol. The molecular weight excluding hydrogens is 314 g/mol. The van der Waals surface area contributed by atoms with Gasteiger partial charge in [0.2, 0.25) is 5.88 Å². The molecule has 0 aliphatic carbocycles. The second kappa shape index (κ2) is 4.55. The van der Waals surface area contributed by atoms with Crippen molar-refractivity contribution in [3.8, 4) is 11.6 Å². The average Bonchev–Trinajstić information content (AvgIpc) is 2.82. The van der Waals surface area contributed by atoms with E-state index in [1.165, 1.54) is 6.33 Å². The number of hydrogen-bond donors (Lipinski definition) is 1. The highest BCUT2D eigenvalue weighted by atomic mass is 79.9. The van der Waals surface area contributed by atoms with Crippen LogP contribution in [0.4, 0.5) is 5.69 Å². The van der Waals surface area contributed by atoms with E-state index in [2.05, 4.69) is 25.9 Å². The van der Waals surface area contributed by atoms with Gasteiger partial charge in [-0.15, -0.1) is 11.3 Å². The van der Waals surface area contributed by atoms with Crippen molar-refractivity contribution in [2.24, 2.45) is 0 Å². The van der Waals surface area contributed by atoms with Crippen molar-refractivity contribution in [2.75, 3.05) is 5.73 Å². The molecule has 0 saturated heterocycles. The summed E-state index contributed by atoms with van der Waals surface area (Å²) in [5, 5.41) is 2.85. The molecule has 90 valence electrons. The number of halogens is 1. The molecule has 2 N–H and O–H groups in total. The Bertz CT molecular complexity index is 713. The standard InChI is InChI=1S/C12H8BrN3OS/c13-7-1-2-10(9(14)5-7)17-11-8-3-4-18-12(8)16-6-15-11/h1-6H,14H2. The fraction of sp³-hybridized carbons (Fsp3) is 0. The summed E-state index contributed by atoms with van der Waals surface area (Å²) in [6.07, 6.45) is 1.49. The number of rotatable bonds is 2. The molecule has 0 unspecified atom stereocenters. The number of ether oxygens (including phenoxy) is 1. The van der Waals surface area contributed by atoms with Crippen molar-refractivity contribution in [2.45, 2.75) is 0 Å². The van der Waals surface area contributed by atoms with E-state index in [1.807, 2.05) is 17.5 Å². The molecule has 0 aliphatic rings. The first-order valence-corrected chi connectivity index (χ1v) is 6.82. The van der Waals surface area contributed by atoms with Crippen LogP contribution in [0.25, 0.3) is 10.2 Å². The zero-order valence-corrected chi connectivity index (χ0v) is 11.5. The number of nitrogen functional groups attached to an aromatic ring is 1. The predicted octanol–water partition coefficient (Wildman–Crippen LogP) is 3.83. The van der Waals surface area contributed by atoms with Crippen LogP contribution in [0, 0.1) is 0 Å². The molecule has 0 atom stereocenters. The van der Waals surface area contributed by atoms with Gasteiger partial charge in [-0.25, -0.2) is 9.97 Å². The molecule has 0 aliphatic heterocycles. The zero-order chi connectivity index (χ0) is 12.5. The lowest BCUT2D eigenvalue weighted by Gasteiger charge is -2.08. The Morgan fingerprint density at radius 2 is 2.11 bits per heavy atom. The molecule has 0 radical (unpaired) electrons. The summed E-state index contributed by atoms with van der Waals surface area (Å²) in [6, 6.07) is 7.41. The number of fused-ring (bicyclic) bond motifs is 1. The van der Waals surface area contributed by atoms with Gasteiger partial charge in [0, 0.05) is 4.47 Å². The third-order valence-corrected chi connectivity index (χ3v) is 3.72. The van der Waals surface area contributed by atoms with Crippen LogP contribution in [0.1, 0.15) is 0 Å². The first kappa shape index (κ1) is 11.4. The average molecular weight is 322 g/mol. The number of thiophene rings is 1. The Morgan fingerprint density at radius 1 is 1.22 bits per heavy atom. The molecule has 18 heavy (non-hydrogen) atoms. The molecule has 0 fully saturated rings. The van der Waals surface area contributed by atoms with Crippen molar-refractivity contribution >= 4 is 43.2 Å². The molecule has 3 rings (SSSR count). The molecule has 3 aromatic rings. The minimum atomic E-state index is 0.523. The normalized spacial score (nSPS) is 10.7. The summed E-state index contributed by atoms with van der Waals surface area (Å²) in [6.45, 7) is 0. The van der Waals surface area contributed by atoms with Gasteiger partial charge in [0.15, 0.2) is 5.75 Å². The molecule has 0 amide bonds. The molecule has 0 saturated carbocycles. The van der Waals surface area contributed by atoms with Gasteiger partial charge in [-0.3, -0.25) is 0 Å². The number of aromatic nitrogens is 2. The van der Waals surface area contributed by atoms with Crippen LogP contribution in [0.15, 0.2) is 40.4 Å². The summed E-state index contributed by atoms with van der Waals surface area (Å²) < 4.78 is 6.66. The van der Waals surface area contributed by atoms with Crippen LogP contribution >= 0.6 is 27.3 Å². The lowest BCUT2D eigenvalue weighted by atomic mass is 10.3. The SMILES string of the molecule is Nc1cc(Br)ccc1Oc1ncnc2sccc12. The van der Waals surface area contributed by atoms with Gasteiger partial charge in [-0.1, -0.05) is 15.9 Å². The minimum Gasteiger partial charge on any atom is -0.436 e. The molecule has 1 aromatic carbocycles. The number of hydrogen-bond acceptors (Lipinski definition) is 5. The molecule has 2 heterocycles. The van der Waals surface area contributed by atoms with Gasteiger partial charge < -0.3 is 10.5 Å². The van der Waals surface area contributed by atoms with Gasteiger partial charge in [0.05, 0.1) is 11.1 Å². The van der Waals surface area contributed by atoms with Crippen LogP contribution in [0.2, 0.25) is 0 Å². The fourth-order valence-electron chi connectivity index (χ4n) is 1.57. The first-order chi connectivity index (χ1) is 8.74. The van der Waals surface area contributed by atoms with E-state index < -0.39 is 0 Å². The van der Waals surface area contributed by atoms with Crippen molar-refractivity contribution in [3.05, 3.63) is 40.4 Å². The van der Waals surface area contributed by atoms with Crippen LogP contribution in [0.5, 0.6) is 11.6 Å². The van der Waals surface area contributed by atoms with E-state index >= 15 is 0 Å². The smallest absolute Gasteiger partial charge is 0.231 e. The van der Waals surface area contributed by atoms with Gasteiger partial charge in [0.1, 0.15) is 11.2 Å². The van der Waals surface area contributed by atoms with Crippen molar-refractivity contribution in [3.63, 3.8) is 0 Å². The lowest BCUT2D eigenvalue weighted by Crippen LogP contribution is -1.94. The molecule has 0 bridgehead atoms. The topological polar surface area (TPSA) is 61.0 Å². The highest BCUT2D eigenvalue weighted by Gasteiger charge is 2.09. The molecule has 0 spiro atoms. The summed E-state index contributed by atoms with van der Waals surface area (Å²) >= 11 is 4.90. The van der Waals surface area contributed by atoms with E-state index in [0.29, 0.717) is 17.3 Å². The van der Waals surface area contributed by atoms with Gasteiger partial charge >= 0.3 is 0 Å². The summed E-state index contributed by atoms with van der Waals surface area (Å²) in [4.78, 5) is 9.21. The summed E-state index contributed by atoms with van der Waals surface area (Å²) in [7, 11) is 0. The Kier molecular flexibility index (Phi) is 2.89. The second-order valence-corrected chi connectivity index (χ2v) is 5.41. The third-order valence-electron chi connectivity index (χ3n) is 2.40. The van der Waals surface area contributed by atoms with E-state index in [9.17, 15) is 0 Å². The van der Waals surface area contributed by atoms with E-state index in [-0.39, 0.29) is 0 Å². The highest BCUT2D eigenvalue weighted by molar-refractivity contribution is 9.10. The summed E-state index contributed by atoms with van der Waals surface area (Å²) in [5.74, 6) is 1.11. The molecular formula is C12H8BrN3OS. The number of benzene rings is 1. The van der Waals surface area contributed by atoms with E-state index in [4.69, 9.17) is 10.5 Å². The molecule has 6 heteroatoms. The van der Waals surface area contributed by atoms with Crippen LogP contribution in [-0.4, -0.2) is 9.97 Å². The third kappa shape index (κ3) is 2.04. The Labute approximate surface area is 116 Å². The highest BCUT2D eigenvalue weighted by Crippen LogP contribution is 2.33. The Morgan fingerprint density at radius 3 is 2.94 bits per heavy atom. The Hall–Kier alpha value is -1.66. The number of anilines is 1. The number of nitrogens with zero attached hydrogens (tertiary/aromatic N) is 2. The van der Waals surface area contributed by atoms with Crippen molar-refractivity contribution in [1.82, 2.24) is 9.97 Å². The van der Waals surface area contributed by atoms with Crippen LogP contribution in [0.3, 0.4) is 0 Å². The quantitative estimate of drug-likeness (QED) is 0.729. The first-order valence-electron chi connectivity index (χ1n) is 5.15. The van der Waals surface area contributed by atoms with Crippen molar-refractivity contribution in [1.29, 1.82) is 0 Å². The second-order valence-electron chi connectivity index (χ2n) is 3.60.